The SMILES string of the molecule is [C-]#[N+]C1=C2c3c[nH]c4cccc(c34)C(C)(C)[C@H]2CC[C@]1(C)C=C. The van der Waals surface area contributed by atoms with E-state index in [1.807, 2.05) is 6.08 Å². The third kappa shape index (κ3) is 1.63. The number of benzene rings is 1. The number of nitrogens with one attached hydrogen (secondary N) is 1. The number of aromatic nitrogens is 1. The smallest absolute Gasteiger partial charge is 0.179 e. The predicted molar refractivity (Wildman–Crippen MR) is 95.9 cm³/mol. The maximum atomic E-state index is 7.85. The fraction of sp³-hybridized carbons (Fsp3) is 0.381. The Kier molecular flexibility index (Phi) is 2.73. The van der Waals surface area contributed by atoms with Crippen LogP contribution in [0, 0.1) is 17.9 Å². The molecule has 116 valence electrons. The monoisotopic (exact) mass is 302 g/mol. The van der Waals surface area contributed by atoms with Gasteiger partial charge in [-0.2, -0.15) is 0 Å². The second-order valence-electron chi connectivity index (χ2n) is 7.74. The topological polar surface area (TPSA) is 20.1 Å². The van der Waals surface area contributed by atoms with Gasteiger partial charge in [-0.3, -0.25) is 0 Å². The molecule has 0 saturated heterocycles. The maximum Gasteiger partial charge on any atom is 0.179 e. The molecule has 0 unspecified atom stereocenters. The molecule has 2 heteroatoms. The van der Waals surface area contributed by atoms with E-state index >= 15 is 0 Å². The lowest BCUT2D eigenvalue weighted by Crippen LogP contribution is -2.38. The zero-order chi connectivity index (χ0) is 16.4. The lowest BCUT2D eigenvalue weighted by Gasteiger charge is -2.47. The van der Waals surface area contributed by atoms with Crippen LogP contribution in [0.2, 0.25) is 0 Å². The Hall–Kier alpha value is -2.27. The number of fused-ring (bicyclic) bond motifs is 2. The first kappa shape index (κ1) is 14.3. The minimum atomic E-state index is -0.209. The predicted octanol–water partition coefficient (Wildman–Crippen LogP) is 5.69. The van der Waals surface area contributed by atoms with Gasteiger partial charge in [-0.05, 0) is 46.9 Å². The third-order valence-electron chi connectivity index (χ3n) is 6.22. The average Bonchev–Trinajstić information content (AvgIpc) is 2.97. The van der Waals surface area contributed by atoms with Gasteiger partial charge in [0.1, 0.15) is 0 Å². The van der Waals surface area contributed by atoms with Gasteiger partial charge in [-0.25, -0.2) is 4.85 Å². The number of nitrogens with zero attached hydrogens (tertiary/aromatic N) is 1. The molecule has 0 bridgehead atoms. The van der Waals surface area contributed by atoms with E-state index in [2.05, 4.69) is 61.6 Å². The van der Waals surface area contributed by atoms with Gasteiger partial charge in [0, 0.05) is 22.5 Å². The molecule has 1 N–H and O–H groups in total. The summed E-state index contributed by atoms with van der Waals surface area (Å²) in [7, 11) is 0. The molecule has 4 rings (SSSR count). The van der Waals surface area contributed by atoms with E-state index in [4.69, 9.17) is 6.57 Å². The van der Waals surface area contributed by atoms with Crippen LogP contribution in [0.5, 0.6) is 0 Å². The average molecular weight is 302 g/mol. The van der Waals surface area contributed by atoms with Gasteiger partial charge >= 0.3 is 0 Å². The van der Waals surface area contributed by atoms with Crippen molar-refractivity contribution >= 4 is 16.5 Å². The maximum absolute atomic E-state index is 7.85. The lowest BCUT2D eigenvalue weighted by atomic mass is 9.57. The molecule has 1 aromatic heterocycles. The highest BCUT2D eigenvalue weighted by Gasteiger charge is 2.47. The van der Waals surface area contributed by atoms with Crippen molar-refractivity contribution in [1.82, 2.24) is 4.98 Å². The van der Waals surface area contributed by atoms with Crippen LogP contribution in [-0.4, -0.2) is 4.98 Å². The number of aromatic amines is 1. The summed E-state index contributed by atoms with van der Waals surface area (Å²) in [5, 5.41) is 1.30. The molecule has 2 aliphatic carbocycles. The van der Waals surface area contributed by atoms with E-state index in [0.29, 0.717) is 5.92 Å². The van der Waals surface area contributed by atoms with Crippen LogP contribution in [0.4, 0.5) is 0 Å². The van der Waals surface area contributed by atoms with Crippen molar-refractivity contribution in [2.45, 2.75) is 39.0 Å². The Balaban J connectivity index is 2.17. The molecule has 2 atom stereocenters. The van der Waals surface area contributed by atoms with E-state index in [1.54, 1.807) is 0 Å². The summed E-state index contributed by atoms with van der Waals surface area (Å²) in [6.07, 6.45) is 6.18. The lowest BCUT2D eigenvalue weighted by molar-refractivity contribution is 0.302. The molecule has 0 amide bonds. The van der Waals surface area contributed by atoms with Crippen LogP contribution in [0.15, 0.2) is 42.7 Å². The second kappa shape index (κ2) is 4.38. The first-order valence-electron chi connectivity index (χ1n) is 8.30. The van der Waals surface area contributed by atoms with Crippen LogP contribution in [0.1, 0.15) is 44.7 Å². The van der Waals surface area contributed by atoms with E-state index in [1.165, 1.54) is 27.6 Å². The highest BCUT2D eigenvalue weighted by molar-refractivity contribution is 6.00. The van der Waals surface area contributed by atoms with Crippen molar-refractivity contribution in [1.29, 1.82) is 0 Å². The van der Waals surface area contributed by atoms with Crippen LogP contribution in [0.3, 0.4) is 0 Å². The van der Waals surface area contributed by atoms with Crippen molar-refractivity contribution < 1.29 is 0 Å². The minimum Gasteiger partial charge on any atom is -0.361 e. The highest BCUT2D eigenvalue weighted by Crippen LogP contribution is 2.58. The Bertz CT molecular complexity index is 904. The van der Waals surface area contributed by atoms with Gasteiger partial charge in [0.25, 0.3) is 0 Å². The molecule has 0 aliphatic heterocycles. The molecule has 0 radical (unpaired) electrons. The molecule has 1 heterocycles. The zero-order valence-electron chi connectivity index (χ0n) is 14.0. The van der Waals surface area contributed by atoms with Gasteiger partial charge in [0.15, 0.2) is 5.70 Å². The van der Waals surface area contributed by atoms with Crippen molar-refractivity contribution in [3.05, 3.63) is 65.3 Å². The third-order valence-corrected chi connectivity index (χ3v) is 6.22. The summed E-state index contributed by atoms with van der Waals surface area (Å²) in [6, 6.07) is 6.53. The molecule has 1 aromatic carbocycles. The molecule has 0 fully saturated rings. The van der Waals surface area contributed by atoms with Gasteiger partial charge < -0.3 is 4.98 Å². The van der Waals surface area contributed by atoms with Crippen molar-refractivity contribution in [3.63, 3.8) is 0 Å². The number of hydrogen-bond acceptors (Lipinski definition) is 0. The molecule has 2 aromatic rings. The fourth-order valence-electron chi connectivity index (χ4n) is 4.73. The van der Waals surface area contributed by atoms with E-state index < -0.39 is 0 Å². The second-order valence-corrected chi connectivity index (χ2v) is 7.74. The van der Waals surface area contributed by atoms with Gasteiger partial charge in [-0.1, -0.05) is 39.0 Å². The number of allylic oxidation sites excluding steroid dienone is 2. The Labute approximate surface area is 137 Å². The Morgan fingerprint density at radius 1 is 1.35 bits per heavy atom. The molecule has 0 saturated carbocycles. The molecule has 2 nitrogen and oxygen atoms in total. The van der Waals surface area contributed by atoms with Gasteiger partial charge in [0.05, 0.1) is 6.57 Å². The van der Waals surface area contributed by atoms with Crippen molar-refractivity contribution in [2.75, 3.05) is 0 Å². The standard InChI is InChI=1S/C21H22N2/c1-6-21(4)11-10-15-18(19(21)22-5)13-12-23-16-9-7-8-14(17(13)16)20(15,2)3/h6-9,12,15,23H,1,10-11H2,2-4H3/t15-,21-/m0/s1. The van der Waals surface area contributed by atoms with Crippen molar-refractivity contribution in [2.24, 2.45) is 11.3 Å². The molecule has 23 heavy (non-hydrogen) atoms. The summed E-state index contributed by atoms with van der Waals surface area (Å²) in [5.41, 5.74) is 5.80. The van der Waals surface area contributed by atoms with E-state index in [-0.39, 0.29) is 10.8 Å². The summed E-state index contributed by atoms with van der Waals surface area (Å²) in [5.74, 6) is 0.397. The molecule has 2 aliphatic rings. The van der Waals surface area contributed by atoms with Crippen LogP contribution >= 0.6 is 0 Å². The summed E-state index contributed by atoms with van der Waals surface area (Å²) >= 11 is 0. The molecular formula is C21H22N2. The van der Waals surface area contributed by atoms with Crippen LogP contribution in [-0.2, 0) is 5.41 Å². The van der Waals surface area contributed by atoms with Crippen molar-refractivity contribution in [3.8, 4) is 0 Å². The van der Waals surface area contributed by atoms with Gasteiger partial charge in [0.2, 0.25) is 0 Å². The first-order valence-corrected chi connectivity index (χ1v) is 8.30. The minimum absolute atomic E-state index is 0.0441. The normalized spacial score (nSPS) is 28.3. The quantitative estimate of drug-likeness (QED) is 0.516. The summed E-state index contributed by atoms with van der Waals surface area (Å²) in [4.78, 5) is 7.42. The fourth-order valence-corrected chi connectivity index (χ4v) is 4.73. The Morgan fingerprint density at radius 2 is 2.13 bits per heavy atom. The number of rotatable bonds is 1. The summed E-state index contributed by atoms with van der Waals surface area (Å²) in [6.45, 7) is 18.7. The first-order chi connectivity index (χ1) is 10.9. The number of H-pyrrole nitrogens is 1. The largest absolute Gasteiger partial charge is 0.361 e. The number of hydrogen-bond donors (Lipinski definition) is 1. The van der Waals surface area contributed by atoms with Crippen LogP contribution < -0.4 is 0 Å². The van der Waals surface area contributed by atoms with Gasteiger partial charge in [-0.15, -0.1) is 6.58 Å². The molecule has 0 spiro atoms. The van der Waals surface area contributed by atoms with Crippen LogP contribution in [0.25, 0.3) is 21.3 Å². The summed E-state index contributed by atoms with van der Waals surface area (Å²) < 4.78 is 0. The van der Waals surface area contributed by atoms with E-state index in [0.717, 1.165) is 18.5 Å². The van der Waals surface area contributed by atoms with E-state index in [9.17, 15) is 0 Å². The molecular weight excluding hydrogens is 280 g/mol. The Morgan fingerprint density at radius 3 is 2.83 bits per heavy atom. The highest BCUT2D eigenvalue weighted by atomic mass is 14.8. The zero-order valence-corrected chi connectivity index (χ0v) is 14.0.